The molecule has 4 heteroatoms. The maximum atomic E-state index is 12.7. The van der Waals surface area contributed by atoms with Crippen molar-refractivity contribution >= 4 is 22.9 Å². The number of para-hydroxylation sites is 1. The molecule has 0 radical (unpaired) electrons. The molecule has 1 unspecified atom stereocenters. The number of thiophene rings is 1. The van der Waals surface area contributed by atoms with E-state index in [0.29, 0.717) is 6.54 Å². The second-order valence-corrected chi connectivity index (χ2v) is 8.54. The summed E-state index contributed by atoms with van der Waals surface area (Å²) in [6.07, 6.45) is 2.10. The molecule has 1 aliphatic heterocycles. The number of rotatable bonds is 5. The Balaban J connectivity index is 1.63. The Morgan fingerprint density at radius 1 is 1.11 bits per heavy atom. The van der Waals surface area contributed by atoms with E-state index in [0.717, 1.165) is 25.1 Å². The van der Waals surface area contributed by atoms with Crippen LogP contribution in [0, 0.1) is 6.92 Å². The lowest BCUT2D eigenvalue weighted by Gasteiger charge is -2.36. The highest BCUT2D eigenvalue weighted by Gasteiger charge is 2.33. The number of hydrogen-bond acceptors (Lipinski definition) is 3. The van der Waals surface area contributed by atoms with Crippen molar-refractivity contribution in [1.82, 2.24) is 4.90 Å². The van der Waals surface area contributed by atoms with E-state index in [-0.39, 0.29) is 11.9 Å². The van der Waals surface area contributed by atoms with Gasteiger partial charge in [-0.3, -0.25) is 9.69 Å². The monoisotopic (exact) mass is 390 g/mol. The molecule has 1 aliphatic rings. The van der Waals surface area contributed by atoms with Crippen LogP contribution >= 0.6 is 11.3 Å². The van der Waals surface area contributed by atoms with Crippen LogP contribution in [-0.4, -0.2) is 23.9 Å². The summed E-state index contributed by atoms with van der Waals surface area (Å²) in [6, 6.07) is 20.4. The van der Waals surface area contributed by atoms with Crippen molar-refractivity contribution in [3.05, 3.63) is 87.1 Å². The van der Waals surface area contributed by atoms with Gasteiger partial charge < -0.3 is 5.32 Å². The second kappa shape index (κ2) is 8.29. The molecule has 0 saturated carbocycles. The Bertz CT molecular complexity index is 949. The molecule has 0 saturated heterocycles. The standard InChI is InChI=1S/C24H26N2OS/c1-3-20-17(2)28-24-21(20)14-15-26(23(24)18-10-6-4-7-11-18)16-22(27)25-19-12-8-5-9-13-19/h4-13,23H,3,14-16H2,1-2H3,(H,25,27). The molecule has 3 nitrogen and oxygen atoms in total. The van der Waals surface area contributed by atoms with Gasteiger partial charge in [-0.2, -0.15) is 0 Å². The number of nitrogens with one attached hydrogen (secondary N) is 1. The minimum Gasteiger partial charge on any atom is -0.325 e. The summed E-state index contributed by atoms with van der Waals surface area (Å²) in [4.78, 5) is 17.9. The second-order valence-electron chi connectivity index (χ2n) is 7.28. The average Bonchev–Trinajstić information content (AvgIpc) is 3.04. The number of nitrogens with zero attached hydrogens (tertiary/aromatic N) is 1. The molecule has 0 bridgehead atoms. The highest BCUT2D eigenvalue weighted by Crippen LogP contribution is 2.42. The van der Waals surface area contributed by atoms with Crippen LogP contribution in [0.3, 0.4) is 0 Å². The largest absolute Gasteiger partial charge is 0.325 e. The van der Waals surface area contributed by atoms with E-state index in [4.69, 9.17) is 0 Å². The molecular weight excluding hydrogens is 364 g/mol. The molecule has 1 N–H and O–H groups in total. The Labute approximate surface area is 171 Å². The van der Waals surface area contributed by atoms with Crippen molar-refractivity contribution in [1.29, 1.82) is 0 Å². The van der Waals surface area contributed by atoms with E-state index >= 15 is 0 Å². The van der Waals surface area contributed by atoms with Crippen LogP contribution in [0.25, 0.3) is 0 Å². The number of anilines is 1. The van der Waals surface area contributed by atoms with Crippen LogP contribution < -0.4 is 5.32 Å². The van der Waals surface area contributed by atoms with Crippen molar-refractivity contribution < 1.29 is 4.79 Å². The maximum absolute atomic E-state index is 12.7. The van der Waals surface area contributed by atoms with Gasteiger partial charge in [-0.25, -0.2) is 0 Å². The van der Waals surface area contributed by atoms with E-state index in [9.17, 15) is 4.79 Å². The molecule has 0 fully saturated rings. The highest BCUT2D eigenvalue weighted by molar-refractivity contribution is 7.12. The summed E-state index contributed by atoms with van der Waals surface area (Å²) in [5, 5.41) is 3.04. The van der Waals surface area contributed by atoms with Gasteiger partial charge in [0.1, 0.15) is 0 Å². The van der Waals surface area contributed by atoms with Crippen molar-refractivity contribution in [3.8, 4) is 0 Å². The third-order valence-electron chi connectivity index (χ3n) is 5.49. The Kier molecular flexibility index (Phi) is 5.60. The molecule has 1 amide bonds. The average molecular weight is 391 g/mol. The summed E-state index contributed by atoms with van der Waals surface area (Å²) < 4.78 is 0. The molecule has 3 aromatic rings. The summed E-state index contributed by atoms with van der Waals surface area (Å²) in [7, 11) is 0. The van der Waals surface area contributed by atoms with Gasteiger partial charge in [0.15, 0.2) is 0 Å². The van der Waals surface area contributed by atoms with Gasteiger partial charge in [0.05, 0.1) is 12.6 Å². The zero-order chi connectivity index (χ0) is 19.5. The normalized spacial score (nSPS) is 16.6. The quantitative estimate of drug-likeness (QED) is 0.649. The van der Waals surface area contributed by atoms with Gasteiger partial charge in [0, 0.05) is 22.0 Å². The van der Waals surface area contributed by atoms with E-state index in [1.165, 1.54) is 26.4 Å². The zero-order valence-electron chi connectivity index (χ0n) is 16.4. The van der Waals surface area contributed by atoms with Gasteiger partial charge in [-0.1, -0.05) is 55.5 Å². The van der Waals surface area contributed by atoms with Gasteiger partial charge in [-0.05, 0) is 48.6 Å². The van der Waals surface area contributed by atoms with E-state index in [2.05, 4.69) is 54.4 Å². The Morgan fingerprint density at radius 2 is 1.79 bits per heavy atom. The zero-order valence-corrected chi connectivity index (χ0v) is 17.3. The lowest BCUT2D eigenvalue weighted by Crippen LogP contribution is -2.40. The third kappa shape index (κ3) is 3.75. The molecule has 4 rings (SSSR count). The Hall–Kier alpha value is -2.43. The summed E-state index contributed by atoms with van der Waals surface area (Å²) in [5.74, 6) is 0.0413. The molecular formula is C24H26N2OS. The Morgan fingerprint density at radius 3 is 2.46 bits per heavy atom. The fourth-order valence-electron chi connectivity index (χ4n) is 4.23. The van der Waals surface area contributed by atoms with Crippen molar-refractivity contribution in [3.63, 3.8) is 0 Å². The van der Waals surface area contributed by atoms with Gasteiger partial charge in [0.2, 0.25) is 5.91 Å². The molecule has 1 atom stereocenters. The maximum Gasteiger partial charge on any atom is 0.238 e. The number of hydrogen-bond donors (Lipinski definition) is 1. The summed E-state index contributed by atoms with van der Waals surface area (Å²) in [6.45, 7) is 5.77. The SMILES string of the molecule is CCc1c(C)sc2c1CCN(CC(=O)Nc1ccccc1)C2c1ccccc1. The molecule has 144 valence electrons. The number of aryl methyl sites for hydroxylation is 1. The van der Waals surface area contributed by atoms with E-state index in [1.54, 1.807) is 0 Å². The first-order valence-corrected chi connectivity index (χ1v) is 10.7. The van der Waals surface area contributed by atoms with E-state index in [1.807, 2.05) is 41.7 Å². The predicted molar refractivity (Wildman–Crippen MR) is 117 cm³/mol. The van der Waals surface area contributed by atoms with Crippen LogP contribution in [0.1, 0.15) is 39.4 Å². The van der Waals surface area contributed by atoms with Crippen molar-refractivity contribution in [2.45, 2.75) is 32.7 Å². The first-order valence-electron chi connectivity index (χ1n) is 9.92. The lowest BCUT2D eigenvalue weighted by molar-refractivity contribution is -0.117. The molecule has 2 aromatic carbocycles. The third-order valence-corrected chi connectivity index (χ3v) is 6.73. The molecule has 1 aromatic heterocycles. The minimum atomic E-state index is 0.0413. The van der Waals surface area contributed by atoms with Crippen molar-refractivity contribution in [2.75, 3.05) is 18.4 Å². The predicted octanol–water partition coefficient (Wildman–Crippen LogP) is 5.21. The number of fused-ring (bicyclic) bond motifs is 1. The van der Waals surface area contributed by atoms with Gasteiger partial charge in [-0.15, -0.1) is 11.3 Å². The summed E-state index contributed by atoms with van der Waals surface area (Å²) in [5.41, 5.74) is 5.13. The lowest BCUT2D eigenvalue weighted by atomic mass is 9.91. The molecule has 0 aliphatic carbocycles. The van der Waals surface area contributed by atoms with Crippen LogP contribution in [0.2, 0.25) is 0 Å². The summed E-state index contributed by atoms with van der Waals surface area (Å²) >= 11 is 1.91. The fourth-order valence-corrected chi connectivity index (χ4v) is 5.70. The molecule has 0 spiro atoms. The number of carbonyl (C=O) groups excluding carboxylic acids is 1. The highest BCUT2D eigenvalue weighted by atomic mass is 32.1. The van der Waals surface area contributed by atoms with Gasteiger partial charge in [0.25, 0.3) is 0 Å². The number of amides is 1. The van der Waals surface area contributed by atoms with Gasteiger partial charge >= 0.3 is 0 Å². The number of carbonyl (C=O) groups is 1. The molecule has 2 heterocycles. The first-order chi connectivity index (χ1) is 13.7. The van der Waals surface area contributed by atoms with E-state index < -0.39 is 0 Å². The van der Waals surface area contributed by atoms with Crippen molar-refractivity contribution in [2.24, 2.45) is 0 Å². The fraction of sp³-hybridized carbons (Fsp3) is 0.292. The van der Waals surface area contributed by atoms with Crippen LogP contribution in [0.15, 0.2) is 60.7 Å². The van der Waals surface area contributed by atoms with Crippen LogP contribution in [0.4, 0.5) is 5.69 Å². The molecule has 28 heavy (non-hydrogen) atoms. The van der Waals surface area contributed by atoms with Crippen LogP contribution in [-0.2, 0) is 17.6 Å². The topological polar surface area (TPSA) is 32.3 Å². The van der Waals surface area contributed by atoms with Crippen LogP contribution in [0.5, 0.6) is 0 Å². The first kappa shape index (κ1) is 18.9. The number of benzene rings is 2. The minimum absolute atomic E-state index is 0.0413. The smallest absolute Gasteiger partial charge is 0.238 e.